The van der Waals surface area contributed by atoms with Gasteiger partial charge in [0, 0.05) is 6.54 Å². The Bertz CT molecular complexity index is 249. The highest BCUT2D eigenvalue weighted by Crippen LogP contribution is 1.81. The van der Waals surface area contributed by atoms with E-state index in [4.69, 9.17) is 19.9 Å². The Balaban J connectivity index is 3.06. The van der Waals surface area contributed by atoms with Crippen molar-refractivity contribution in [2.45, 2.75) is 6.92 Å². The zero-order valence-corrected chi connectivity index (χ0v) is 11.2. The minimum Gasteiger partial charge on any atom is -0.450 e. The maximum Gasteiger partial charge on any atom is 0.407 e. The van der Waals surface area contributed by atoms with E-state index >= 15 is 0 Å². The molecule has 0 aromatic carbocycles. The van der Waals surface area contributed by atoms with Crippen molar-refractivity contribution < 1.29 is 28.5 Å². The number of amides is 2. The van der Waals surface area contributed by atoms with Gasteiger partial charge in [-0.2, -0.15) is 0 Å². The fourth-order valence-electron chi connectivity index (χ4n) is 1.02. The Morgan fingerprint density at radius 2 is 1.58 bits per heavy atom. The van der Waals surface area contributed by atoms with Crippen molar-refractivity contribution >= 4 is 12.0 Å². The summed E-state index contributed by atoms with van der Waals surface area (Å²) >= 11 is 0. The number of primary amides is 1. The zero-order chi connectivity index (χ0) is 14.3. The minimum atomic E-state index is -0.502. The van der Waals surface area contributed by atoms with E-state index in [1.54, 1.807) is 6.92 Å². The van der Waals surface area contributed by atoms with Gasteiger partial charge in [-0.25, -0.2) is 4.79 Å². The van der Waals surface area contributed by atoms with Gasteiger partial charge in [0.25, 0.3) is 0 Å². The van der Waals surface area contributed by atoms with Crippen LogP contribution in [0.25, 0.3) is 0 Å². The fraction of sp³-hybridized carbons (Fsp3) is 0.818. The van der Waals surface area contributed by atoms with E-state index < -0.39 is 12.0 Å². The van der Waals surface area contributed by atoms with Gasteiger partial charge in [0.15, 0.2) is 0 Å². The molecule has 0 aliphatic heterocycles. The third-order valence-corrected chi connectivity index (χ3v) is 1.78. The van der Waals surface area contributed by atoms with Crippen LogP contribution < -0.4 is 11.1 Å². The molecule has 0 aliphatic carbocycles. The predicted molar refractivity (Wildman–Crippen MR) is 66.7 cm³/mol. The van der Waals surface area contributed by atoms with E-state index in [0.717, 1.165) is 0 Å². The first-order valence-electron chi connectivity index (χ1n) is 6.09. The molecular formula is C11H22N2O6. The Morgan fingerprint density at radius 1 is 1.00 bits per heavy atom. The van der Waals surface area contributed by atoms with E-state index in [-0.39, 0.29) is 6.61 Å². The summed E-state index contributed by atoms with van der Waals surface area (Å²) in [5.41, 5.74) is 4.88. The van der Waals surface area contributed by atoms with Crippen LogP contribution >= 0.6 is 0 Å². The van der Waals surface area contributed by atoms with Crippen LogP contribution in [0, 0.1) is 0 Å². The van der Waals surface area contributed by atoms with Gasteiger partial charge >= 0.3 is 6.09 Å². The summed E-state index contributed by atoms with van der Waals surface area (Å²) in [5, 5.41) is 2.52. The molecule has 3 N–H and O–H groups in total. The lowest BCUT2D eigenvalue weighted by Crippen LogP contribution is -2.28. The molecule has 8 nitrogen and oxygen atoms in total. The van der Waals surface area contributed by atoms with Gasteiger partial charge in [-0.3, -0.25) is 4.79 Å². The Hall–Kier alpha value is -1.38. The van der Waals surface area contributed by atoms with Crippen LogP contribution in [0.3, 0.4) is 0 Å². The molecule has 0 saturated carbocycles. The van der Waals surface area contributed by atoms with E-state index in [1.807, 2.05) is 0 Å². The van der Waals surface area contributed by atoms with Gasteiger partial charge in [0.1, 0.15) is 6.61 Å². The molecule has 0 aromatic rings. The molecular weight excluding hydrogens is 256 g/mol. The first-order chi connectivity index (χ1) is 9.16. The van der Waals surface area contributed by atoms with Crippen LogP contribution in [0.5, 0.6) is 0 Å². The summed E-state index contributed by atoms with van der Waals surface area (Å²) in [4.78, 5) is 21.2. The van der Waals surface area contributed by atoms with E-state index in [9.17, 15) is 9.59 Å². The number of alkyl carbamates (subject to hydrolysis) is 1. The molecule has 0 bridgehead atoms. The number of ether oxygens (including phenoxy) is 4. The van der Waals surface area contributed by atoms with E-state index in [2.05, 4.69) is 10.1 Å². The third kappa shape index (κ3) is 14.6. The summed E-state index contributed by atoms with van der Waals surface area (Å²) in [7, 11) is 0. The number of rotatable bonds is 12. The third-order valence-electron chi connectivity index (χ3n) is 1.78. The lowest BCUT2D eigenvalue weighted by molar-refractivity contribution is -0.123. The Kier molecular flexibility index (Phi) is 12.1. The van der Waals surface area contributed by atoms with Gasteiger partial charge in [-0.05, 0) is 6.92 Å². The van der Waals surface area contributed by atoms with Crippen LogP contribution in [0.2, 0.25) is 0 Å². The van der Waals surface area contributed by atoms with E-state index in [0.29, 0.717) is 46.2 Å². The monoisotopic (exact) mass is 278 g/mol. The molecule has 19 heavy (non-hydrogen) atoms. The second kappa shape index (κ2) is 13.1. The predicted octanol–water partition coefficient (Wildman–Crippen LogP) is -0.732. The molecule has 0 rings (SSSR count). The summed E-state index contributed by atoms with van der Waals surface area (Å²) in [6, 6.07) is 0. The molecule has 112 valence electrons. The van der Waals surface area contributed by atoms with Crippen molar-refractivity contribution in [3.8, 4) is 0 Å². The lowest BCUT2D eigenvalue weighted by atomic mass is 10.6. The van der Waals surface area contributed by atoms with Gasteiger partial charge < -0.3 is 30.0 Å². The maximum atomic E-state index is 10.9. The van der Waals surface area contributed by atoms with Crippen LogP contribution in [-0.4, -0.2) is 64.8 Å². The van der Waals surface area contributed by atoms with Crippen molar-refractivity contribution in [2.24, 2.45) is 5.73 Å². The Labute approximate surface area is 112 Å². The zero-order valence-electron chi connectivity index (χ0n) is 11.2. The normalized spacial score (nSPS) is 10.2. The van der Waals surface area contributed by atoms with Crippen LogP contribution in [0.15, 0.2) is 0 Å². The number of hydrogen-bond acceptors (Lipinski definition) is 6. The van der Waals surface area contributed by atoms with Gasteiger partial charge in [0.2, 0.25) is 5.91 Å². The molecule has 2 amide bonds. The minimum absolute atomic E-state index is 0.0978. The highest BCUT2D eigenvalue weighted by molar-refractivity contribution is 5.74. The SMILES string of the molecule is CCOC(=O)NCCOCCOCCOCC(N)=O. The van der Waals surface area contributed by atoms with Crippen molar-refractivity contribution in [3.63, 3.8) is 0 Å². The average molecular weight is 278 g/mol. The first kappa shape index (κ1) is 17.6. The topological polar surface area (TPSA) is 109 Å². The molecule has 0 atom stereocenters. The summed E-state index contributed by atoms with van der Waals surface area (Å²) in [6.45, 7) is 4.28. The van der Waals surface area contributed by atoms with Crippen LogP contribution in [-0.2, 0) is 23.7 Å². The molecule has 0 unspecified atom stereocenters. The van der Waals surface area contributed by atoms with Crippen molar-refractivity contribution in [2.75, 3.05) is 52.8 Å². The largest absolute Gasteiger partial charge is 0.450 e. The van der Waals surface area contributed by atoms with E-state index in [1.165, 1.54) is 0 Å². The standard InChI is InChI=1S/C11H22N2O6/c1-2-19-11(15)13-3-4-16-5-6-17-7-8-18-9-10(12)14/h2-9H2,1H3,(H2,12,14)(H,13,15). The van der Waals surface area contributed by atoms with Crippen LogP contribution in [0.4, 0.5) is 4.79 Å². The first-order valence-corrected chi connectivity index (χ1v) is 6.09. The van der Waals surface area contributed by atoms with Gasteiger partial charge in [0.05, 0.1) is 39.6 Å². The molecule has 0 radical (unpaired) electrons. The number of nitrogens with two attached hydrogens (primary N) is 1. The fourth-order valence-corrected chi connectivity index (χ4v) is 1.02. The van der Waals surface area contributed by atoms with Gasteiger partial charge in [-0.15, -0.1) is 0 Å². The second-order valence-electron chi connectivity index (χ2n) is 3.39. The van der Waals surface area contributed by atoms with Crippen molar-refractivity contribution in [1.82, 2.24) is 5.32 Å². The molecule has 0 saturated heterocycles. The molecule has 0 heterocycles. The molecule has 0 spiro atoms. The van der Waals surface area contributed by atoms with Crippen molar-refractivity contribution in [1.29, 1.82) is 0 Å². The number of carbonyl (C=O) groups excluding carboxylic acids is 2. The number of nitrogens with one attached hydrogen (secondary N) is 1. The van der Waals surface area contributed by atoms with Crippen LogP contribution in [0.1, 0.15) is 6.92 Å². The summed E-state index contributed by atoms with van der Waals surface area (Å²) in [5.74, 6) is -0.502. The van der Waals surface area contributed by atoms with Gasteiger partial charge in [-0.1, -0.05) is 0 Å². The smallest absolute Gasteiger partial charge is 0.407 e. The summed E-state index contributed by atoms with van der Waals surface area (Å²) < 4.78 is 19.9. The molecule has 8 heteroatoms. The summed E-state index contributed by atoms with van der Waals surface area (Å²) in [6.07, 6.45) is -0.450. The molecule has 0 aromatic heterocycles. The average Bonchev–Trinajstić information content (AvgIpc) is 2.36. The van der Waals surface area contributed by atoms with Crippen molar-refractivity contribution in [3.05, 3.63) is 0 Å². The Morgan fingerprint density at radius 3 is 2.16 bits per heavy atom. The number of carbonyl (C=O) groups is 2. The second-order valence-corrected chi connectivity index (χ2v) is 3.39. The lowest BCUT2D eigenvalue weighted by Gasteiger charge is -2.07. The highest BCUT2D eigenvalue weighted by Gasteiger charge is 1.98. The molecule has 0 fully saturated rings. The highest BCUT2D eigenvalue weighted by atomic mass is 16.6. The maximum absolute atomic E-state index is 10.9. The number of hydrogen-bond donors (Lipinski definition) is 2. The molecule has 0 aliphatic rings. The quantitative estimate of drug-likeness (QED) is 0.455.